The van der Waals surface area contributed by atoms with E-state index in [9.17, 15) is 14.7 Å². The van der Waals surface area contributed by atoms with Gasteiger partial charge in [-0.15, -0.1) is 11.3 Å². The number of aromatic nitrogens is 2. The van der Waals surface area contributed by atoms with E-state index in [1.54, 1.807) is 11.8 Å². The number of fused-ring (bicyclic) bond motifs is 1. The molecular weight excluding hydrogens is 380 g/mol. The number of methoxy groups -OCH3 is 1. The van der Waals surface area contributed by atoms with Gasteiger partial charge in [0.15, 0.2) is 0 Å². The second-order valence-electron chi connectivity index (χ2n) is 6.82. The molecule has 0 saturated carbocycles. The van der Waals surface area contributed by atoms with Crippen LogP contribution in [0.1, 0.15) is 27.8 Å². The summed E-state index contributed by atoms with van der Waals surface area (Å²) in [6.07, 6.45) is 2.41. The Balaban J connectivity index is 1.69. The van der Waals surface area contributed by atoms with Gasteiger partial charge in [-0.2, -0.15) is 0 Å². The number of nitrogens with two attached hydrogens (primary N) is 1. The molecule has 3 aromatic rings. The lowest BCUT2D eigenvalue weighted by molar-refractivity contribution is 0.0701. The smallest absolute Gasteiger partial charge is 0.409 e. The standard InChI is InChI=1S/C19H20N4O4S/c1-10-16(18(24)25)28-17(21-10)11-3-4-15-13(7-11)14(20)9-23(15)12-5-6-22(8-12)19(26)27-2/h3-4,7,9,12H,5-6,8,20H2,1-2H3,(H,24,25). The van der Waals surface area contributed by atoms with Crippen LogP contribution >= 0.6 is 11.3 Å². The lowest BCUT2D eigenvalue weighted by Gasteiger charge is -2.16. The van der Waals surface area contributed by atoms with E-state index in [0.29, 0.717) is 29.5 Å². The highest BCUT2D eigenvalue weighted by Gasteiger charge is 2.29. The van der Waals surface area contributed by atoms with Crippen molar-refractivity contribution in [3.8, 4) is 10.6 Å². The number of anilines is 1. The van der Waals surface area contributed by atoms with E-state index in [4.69, 9.17) is 10.5 Å². The number of carboxylic acid groups (broad SMARTS) is 1. The maximum absolute atomic E-state index is 11.8. The summed E-state index contributed by atoms with van der Waals surface area (Å²) in [5, 5.41) is 10.8. The summed E-state index contributed by atoms with van der Waals surface area (Å²) < 4.78 is 6.91. The number of ether oxygens (including phenoxy) is 1. The number of aromatic carboxylic acids is 1. The number of thiazole rings is 1. The average molecular weight is 400 g/mol. The number of hydrogen-bond donors (Lipinski definition) is 2. The number of carbonyl (C=O) groups excluding carboxylic acids is 1. The lowest BCUT2D eigenvalue weighted by atomic mass is 10.1. The van der Waals surface area contributed by atoms with E-state index in [0.717, 1.165) is 34.2 Å². The number of hydrogen-bond acceptors (Lipinski definition) is 6. The zero-order valence-electron chi connectivity index (χ0n) is 15.5. The Kier molecular flexibility index (Phi) is 4.46. The number of amides is 1. The fourth-order valence-electron chi connectivity index (χ4n) is 3.70. The minimum absolute atomic E-state index is 0.130. The Morgan fingerprint density at radius 1 is 1.39 bits per heavy atom. The molecule has 1 amide bonds. The molecule has 1 aromatic carbocycles. The van der Waals surface area contributed by atoms with Crippen LogP contribution in [-0.2, 0) is 4.74 Å². The molecule has 1 atom stereocenters. The third-order valence-corrected chi connectivity index (χ3v) is 6.29. The first-order chi connectivity index (χ1) is 13.4. The first kappa shape index (κ1) is 18.3. The monoisotopic (exact) mass is 400 g/mol. The fourth-order valence-corrected chi connectivity index (χ4v) is 4.60. The van der Waals surface area contributed by atoms with Crippen LogP contribution in [0.4, 0.5) is 10.5 Å². The number of aryl methyl sites for hydroxylation is 1. The first-order valence-electron chi connectivity index (χ1n) is 8.83. The van der Waals surface area contributed by atoms with E-state index in [1.165, 1.54) is 7.11 Å². The van der Waals surface area contributed by atoms with Crippen LogP contribution in [-0.4, -0.2) is 51.8 Å². The summed E-state index contributed by atoms with van der Waals surface area (Å²) in [7, 11) is 1.39. The molecule has 1 aliphatic heterocycles. The van der Waals surface area contributed by atoms with Crippen LogP contribution in [0.15, 0.2) is 24.4 Å². The maximum Gasteiger partial charge on any atom is 0.409 e. The van der Waals surface area contributed by atoms with E-state index < -0.39 is 5.97 Å². The van der Waals surface area contributed by atoms with Crippen molar-refractivity contribution >= 4 is 40.0 Å². The van der Waals surface area contributed by atoms with Crippen LogP contribution < -0.4 is 5.73 Å². The quantitative estimate of drug-likeness (QED) is 0.697. The lowest BCUT2D eigenvalue weighted by Crippen LogP contribution is -2.28. The van der Waals surface area contributed by atoms with Crippen LogP contribution in [0.5, 0.6) is 0 Å². The van der Waals surface area contributed by atoms with Gasteiger partial charge >= 0.3 is 12.1 Å². The van der Waals surface area contributed by atoms with Crippen LogP contribution in [0.25, 0.3) is 21.5 Å². The Morgan fingerprint density at radius 2 is 2.18 bits per heavy atom. The molecule has 1 unspecified atom stereocenters. The number of carbonyl (C=O) groups is 2. The third-order valence-electron chi connectivity index (χ3n) is 5.09. The highest BCUT2D eigenvalue weighted by Crippen LogP contribution is 2.35. The SMILES string of the molecule is COC(=O)N1CCC(n2cc(N)c3cc(-c4nc(C)c(C(=O)O)s4)ccc32)C1. The van der Waals surface area contributed by atoms with Crippen molar-refractivity contribution in [1.29, 1.82) is 0 Å². The average Bonchev–Trinajstić information content (AvgIpc) is 3.38. The molecule has 1 fully saturated rings. The molecule has 1 saturated heterocycles. The van der Waals surface area contributed by atoms with Crippen LogP contribution in [0, 0.1) is 6.92 Å². The molecule has 4 rings (SSSR count). The molecule has 3 heterocycles. The summed E-state index contributed by atoms with van der Waals surface area (Å²) in [6, 6.07) is 5.97. The molecule has 28 heavy (non-hydrogen) atoms. The molecule has 1 aliphatic rings. The number of nitrogens with zero attached hydrogens (tertiary/aromatic N) is 3. The normalized spacial score (nSPS) is 16.6. The van der Waals surface area contributed by atoms with Crippen molar-refractivity contribution in [2.45, 2.75) is 19.4 Å². The molecule has 3 N–H and O–H groups in total. The predicted octanol–water partition coefficient (Wildman–Crippen LogP) is 3.37. The zero-order chi connectivity index (χ0) is 20.0. The third kappa shape index (κ3) is 2.97. The Hall–Kier alpha value is -3.07. The van der Waals surface area contributed by atoms with Gasteiger partial charge in [0.25, 0.3) is 0 Å². The number of carboxylic acids is 1. The van der Waals surface area contributed by atoms with Gasteiger partial charge in [-0.25, -0.2) is 14.6 Å². The Morgan fingerprint density at radius 3 is 2.86 bits per heavy atom. The summed E-state index contributed by atoms with van der Waals surface area (Å²) in [5.74, 6) is -0.968. The van der Waals surface area contributed by atoms with Crippen molar-refractivity contribution in [2.24, 2.45) is 0 Å². The molecule has 0 spiro atoms. The van der Waals surface area contributed by atoms with Crippen molar-refractivity contribution < 1.29 is 19.4 Å². The number of likely N-dealkylation sites (tertiary alicyclic amines) is 1. The van der Waals surface area contributed by atoms with Gasteiger partial charge in [0.2, 0.25) is 0 Å². The van der Waals surface area contributed by atoms with Gasteiger partial charge in [-0.1, -0.05) is 0 Å². The summed E-state index contributed by atoms with van der Waals surface area (Å²) >= 11 is 1.16. The van der Waals surface area contributed by atoms with Crippen molar-refractivity contribution in [3.63, 3.8) is 0 Å². The number of rotatable bonds is 3. The maximum atomic E-state index is 11.8. The molecule has 0 radical (unpaired) electrons. The second-order valence-corrected chi connectivity index (χ2v) is 7.82. The fraction of sp³-hybridized carbons (Fsp3) is 0.316. The Bertz CT molecular complexity index is 1090. The second kappa shape index (κ2) is 6.83. The molecule has 146 valence electrons. The molecule has 2 aromatic heterocycles. The summed E-state index contributed by atoms with van der Waals surface area (Å²) in [4.78, 5) is 29.4. The molecule has 0 bridgehead atoms. The molecular formula is C19H20N4O4S. The van der Waals surface area contributed by atoms with Crippen LogP contribution in [0.3, 0.4) is 0 Å². The molecule has 8 nitrogen and oxygen atoms in total. The van der Waals surface area contributed by atoms with E-state index in [-0.39, 0.29) is 17.0 Å². The zero-order valence-corrected chi connectivity index (χ0v) is 16.3. The largest absolute Gasteiger partial charge is 0.477 e. The van der Waals surface area contributed by atoms with Crippen molar-refractivity contribution in [3.05, 3.63) is 35.0 Å². The van der Waals surface area contributed by atoms with Gasteiger partial charge < -0.3 is 25.0 Å². The highest BCUT2D eigenvalue weighted by atomic mass is 32.1. The highest BCUT2D eigenvalue weighted by molar-refractivity contribution is 7.17. The van der Waals surface area contributed by atoms with Gasteiger partial charge in [-0.05, 0) is 31.5 Å². The van der Waals surface area contributed by atoms with Gasteiger partial charge in [0, 0.05) is 30.2 Å². The van der Waals surface area contributed by atoms with Gasteiger partial charge in [0.05, 0.1) is 30.0 Å². The van der Waals surface area contributed by atoms with Crippen molar-refractivity contribution in [2.75, 3.05) is 25.9 Å². The van der Waals surface area contributed by atoms with Gasteiger partial charge in [0.1, 0.15) is 9.88 Å². The summed E-state index contributed by atoms with van der Waals surface area (Å²) in [5.41, 5.74) is 9.21. The number of nitrogen functional groups attached to an aromatic ring is 1. The van der Waals surface area contributed by atoms with Crippen molar-refractivity contribution in [1.82, 2.24) is 14.5 Å². The van der Waals surface area contributed by atoms with E-state index >= 15 is 0 Å². The Labute approximate surface area is 165 Å². The molecule has 9 heteroatoms. The van der Waals surface area contributed by atoms with Crippen LogP contribution in [0.2, 0.25) is 0 Å². The van der Waals surface area contributed by atoms with Gasteiger partial charge in [-0.3, -0.25) is 0 Å². The van der Waals surface area contributed by atoms with E-state index in [1.807, 2.05) is 24.4 Å². The first-order valence-corrected chi connectivity index (χ1v) is 9.64. The molecule has 0 aliphatic carbocycles. The topological polar surface area (TPSA) is 111 Å². The minimum Gasteiger partial charge on any atom is -0.477 e. The van der Waals surface area contributed by atoms with E-state index in [2.05, 4.69) is 9.55 Å². The summed E-state index contributed by atoms with van der Waals surface area (Å²) in [6.45, 7) is 2.91. The predicted molar refractivity (Wildman–Crippen MR) is 107 cm³/mol. The minimum atomic E-state index is -0.968. The number of benzene rings is 1.